The van der Waals surface area contributed by atoms with Crippen LogP contribution in [0.3, 0.4) is 0 Å². The normalized spacial score (nSPS) is 54.7. The van der Waals surface area contributed by atoms with Crippen molar-refractivity contribution in [2.45, 2.75) is 174 Å². The van der Waals surface area contributed by atoms with Crippen molar-refractivity contribution in [3.63, 3.8) is 0 Å². The van der Waals surface area contributed by atoms with Gasteiger partial charge in [-0.2, -0.15) is 0 Å². The molecular weight excluding hydrogens is 740 g/mol. The zero-order valence-corrected chi connectivity index (χ0v) is 29.5. The van der Waals surface area contributed by atoms with E-state index in [4.69, 9.17) is 42.6 Å². The molecule has 0 aromatic rings. The molecule has 5 fully saturated rings. The molecule has 14 N–H and O–H groups in total. The molecule has 54 heavy (non-hydrogen) atoms. The maximum absolute atomic E-state index is 11.7. The van der Waals surface area contributed by atoms with Gasteiger partial charge in [-0.1, -0.05) is 0 Å². The van der Waals surface area contributed by atoms with Crippen molar-refractivity contribution in [1.82, 2.24) is 0 Å². The third kappa shape index (κ3) is 8.74. The Labute approximate surface area is 308 Å². The first-order valence-electron chi connectivity index (χ1n) is 17.7. The summed E-state index contributed by atoms with van der Waals surface area (Å²) < 4.78 is 51.4. The van der Waals surface area contributed by atoms with E-state index < -0.39 is 173 Å². The summed E-state index contributed by atoms with van der Waals surface area (Å²) in [6, 6.07) is 0. The number of hydrogen-bond acceptors (Lipinski definition) is 23. The number of aliphatic hydroxyl groups is 14. The van der Waals surface area contributed by atoms with Gasteiger partial charge >= 0.3 is 0 Å². The second-order valence-electron chi connectivity index (χ2n) is 14.2. The van der Waals surface area contributed by atoms with Crippen LogP contribution in [0.4, 0.5) is 0 Å². The SMILES string of the molecule is CC1O[C@@H](O[C@@H]2C(O)[C@H](O[C@@H]3C(CO)O[C@H](OC4[C@@H](O)[C@H](O)C(CO)O[C@@H]4C)C(O)[C@H]3O[C@@H]3OC(C)[C@H](O)[C@H](O)C3O)OC(CO)[C@H]2O)C(O)[C@@H](O)[C@H]1O. The lowest BCUT2D eigenvalue weighted by molar-refractivity contribution is -0.400. The minimum atomic E-state index is -2.03. The second kappa shape index (κ2) is 18.3. The third-order valence-electron chi connectivity index (χ3n) is 10.5. The lowest BCUT2D eigenvalue weighted by atomic mass is 9.94. The molecule has 0 aromatic heterocycles. The summed E-state index contributed by atoms with van der Waals surface area (Å²) in [6.07, 6.45) is -41.3. The van der Waals surface area contributed by atoms with Crippen molar-refractivity contribution in [2.24, 2.45) is 0 Å². The number of hydrogen-bond donors (Lipinski definition) is 14. The van der Waals surface area contributed by atoms with Crippen molar-refractivity contribution in [2.75, 3.05) is 19.8 Å². The topological polar surface area (TPSA) is 366 Å². The van der Waals surface area contributed by atoms with Gasteiger partial charge in [0, 0.05) is 0 Å². The van der Waals surface area contributed by atoms with Crippen LogP contribution in [0.15, 0.2) is 0 Å². The molecule has 5 aliphatic rings. The zero-order valence-electron chi connectivity index (χ0n) is 29.5. The molecular formula is C31H54O23. The van der Waals surface area contributed by atoms with E-state index in [1.54, 1.807) is 0 Å². The van der Waals surface area contributed by atoms with Gasteiger partial charge in [-0.15, -0.1) is 0 Å². The first-order valence-corrected chi connectivity index (χ1v) is 17.7. The van der Waals surface area contributed by atoms with Gasteiger partial charge in [-0.3, -0.25) is 0 Å². The molecule has 5 rings (SSSR count). The van der Waals surface area contributed by atoms with Gasteiger partial charge in [0.25, 0.3) is 0 Å². The van der Waals surface area contributed by atoms with Crippen LogP contribution in [-0.2, 0) is 42.6 Å². The highest BCUT2D eigenvalue weighted by atomic mass is 16.8. The van der Waals surface area contributed by atoms with E-state index in [9.17, 15) is 71.5 Å². The van der Waals surface area contributed by atoms with Gasteiger partial charge < -0.3 is 114 Å². The highest BCUT2D eigenvalue weighted by Crippen LogP contribution is 2.36. The van der Waals surface area contributed by atoms with Crippen LogP contribution in [0, 0.1) is 0 Å². The van der Waals surface area contributed by atoms with Gasteiger partial charge in [0.05, 0.1) is 38.1 Å². The Balaban J connectivity index is 1.42. The summed E-state index contributed by atoms with van der Waals surface area (Å²) in [6.45, 7) is 1.68. The molecule has 23 heteroatoms. The molecule has 0 radical (unpaired) electrons. The van der Waals surface area contributed by atoms with Crippen molar-refractivity contribution < 1.29 is 114 Å². The molecule has 0 bridgehead atoms. The summed E-state index contributed by atoms with van der Waals surface area (Å²) in [5.74, 6) is 0. The molecule has 25 atom stereocenters. The fourth-order valence-electron chi connectivity index (χ4n) is 7.14. The molecule has 5 aliphatic heterocycles. The molecule has 0 saturated carbocycles. The van der Waals surface area contributed by atoms with Crippen molar-refractivity contribution in [3.05, 3.63) is 0 Å². The van der Waals surface area contributed by atoms with Crippen LogP contribution < -0.4 is 0 Å². The lowest BCUT2D eigenvalue weighted by Crippen LogP contribution is -2.68. The number of rotatable bonds is 11. The first kappa shape index (κ1) is 44.2. The largest absolute Gasteiger partial charge is 0.394 e. The number of aliphatic hydroxyl groups excluding tert-OH is 14. The van der Waals surface area contributed by atoms with Crippen molar-refractivity contribution in [3.8, 4) is 0 Å². The fourth-order valence-corrected chi connectivity index (χ4v) is 7.14. The van der Waals surface area contributed by atoms with E-state index >= 15 is 0 Å². The third-order valence-corrected chi connectivity index (χ3v) is 10.5. The smallest absolute Gasteiger partial charge is 0.187 e. The average molecular weight is 795 g/mol. The molecule has 0 spiro atoms. The average Bonchev–Trinajstić information content (AvgIpc) is 3.15. The Morgan fingerprint density at radius 1 is 0.315 bits per heavy atom. The lowest BCUT2D eigenvalue weighted by Gasteiger charge is -2.50. The summed E-state index contributed by atoms with van der Waals surface area (Å²) in [4.78, 5) is 0. The van der Waals surface area contributed by atoms with Crippen molar-refractivity contribution in [1.29, 1.82) is 0 Å². The summed E-state index contributed by atoms with van der Waals surface area (Å²) in [5, 5.41) is 148. The Bertz CT molecular complexity index is 1170. The highest BCUT2D eigenvalue weighted by Gasteiger charge is 2.57. The maximum atomic E-state index is 11.7. The fraction of sp³-hybridized carbons (Fsp3) is 1.00. The van der Waals surface area contributed by atoms with Crippen LogP contribution in [0.5, 0.6) is 0 Å². The minimum Gasteiger partial charge on any atom is -0.394 e. The maximum Gasteiger partial charge on any atom is 0.187 e. The van der Waals surface area contributed by atoms with E-state index in [1.807, 2.05) is 0 Å². The zero-order chi connectivity index (χ0) is 39.9. The molecule has 5 heterocycles. The van der Waals surface area contributed by atoms with Crippen LogP contribution in [-0.4, -0.2) is 245 Å². The van der Waals surface area contributed by atoms with Crippen LogP contribution in [0.1, 0.15) is 20.8 Å². The highest BCUT2D eigenvalue weighted by molar-refractivity contribution is 4.99. The monoisotopic (exact) mass is 794 g/mol. The van der Waals surface area contributed by atoms with Crippen LogP contribution in [0.25, 0.3) is 0 Å². The Kier molecular flexibility index (Phi) is 15.0. The molecule has 23 nitrogen and oxygen atoms in total. The number of ether oxygens (including phenoxy) is 9. The van der Waals surface area contributed by atoms with Gasteiger partial charge in [0.1, 0.15) is 110 Å². The predicted molar refractivity (Wildman–Crippen MR) is 167 cm³/mol. The Morgan fingerprint density at radius 3 is 1.20 bits per heavy atom. The summed E-state index contributed by atoms with van der Waals surface area (Å²) >= 11 is 0. The minimum absolute atomic E-state index is 0.643. The van der Waals surface area contributed by atoms with E-state index in [2.05, 4.69) is 0 Å². The Hall–Kier alpha value is -0.920. The van der Waals surface area contributed by atoms with E-state index in [0.717, 1.165) is 0 Å². The molecule has 316 valence electrons. The predicted octanol–water partition coefficient (Wildman–Crippen LogP) is -8.80. The Morgan fingerprint density at radius 2 is 0.704 bits per heavy atom. The standard InChI is InChI=1S/C31H54O23/c1-7-13(35)17(39)20(42)28(47-7)53-26-16(38)11(5-33)49-30(22(26)44)52-25-12(6-34)50-31(51-24-9(3)46-10(4-32)15(37)19(24)41)23(45)27(25)54-29-21(43)18(40)14(36)8(2)48-29/h7-45H,4-6H2,1-3H3/t7?,8?,9-,10?,11?,12?,13+,14+,15-,16-,17+,18+,19+,20?,21?,22?,23?,24?,25-,26+,27-,28+,29+,30+,31-/m1/s1. The van der Waals surface area contributed by atoms with Gasteiger partial charge in [0.15, 0.2) is 25.2 Å². The molecule has 10 unspecified atom stereocenters. The molecule has 0 aromatic carbocycles. The van der Waals surface area contributed by atoms with Gasteiger partial charge in [-0.25, -0.2) is 0 Å². The quantitative estimate of drug-likeness (QED) is 0.0923. The molecule has 0 aliphatic carbocycles. The van der Waals surface area contributed by atoms with Crippen LogP contribution in [0.2, 0.25) is 0 Å². The van der Waals surface area contributed by atoms with E-state index in [-0.39, 0.29) is 0 Å². The van der Waals surface area contributed by atoms with Crippen LogP contribution >= 0.6 is 0 Å². The summed E-state index contributed by atoms with van der Waals surface area (Å²) in [7, 11) is 0. The van der Waals surface area contributed by atoms with E-state index in [1.165, 1.54) is 20.8 Å². The first-order chi connectivity index (χ1) is 25.4. The molecule has 5 saturated heterocycles. The van der Waals surface area contributed by atoms with Gasteiger partial charge in [-0.05, 0) is 20.8 Å². The van der Waals surface area contributed by atoms with Crippen molar-refractivity contribution >= 4 is 0 Å². The second-order valence-corrected chi connectivity index (χ2v) is 14.2. The van der Waals surface area contributed by atoms with E-state index in [0.29, 0.717) is 0 Å². The summed E-state index contributed by atoms with van der Waals surface area (Å²) in [5.41, 5.74) is 0. The molecule has 0 amide bonds. The van der Waals surface area contributed by atoms with Gasteiger partial charge in [0.2, 0.25) is 0 Å².